The number of fused-ring (bicyclic) bond motifs is 3. The Morgan fingerprint density at radius 1 is 0.853 bits per heavy atom. The number of hydrogen-bond donors (Lipinski definition) is 0. The van der Waals surface area contributed by atoms with E-state index in [0.29, 0.717) is 32.3 Å². The predicted octanol–water partition coefficient (Wildman–Crippen LogP) is 7.43. The van der Waals surface area contributed by atoms with Gasteiger partial charge in [0, 0.05) is 21.9 Å². The second-order valence-corrected chi connectivity index (χ2v) is 10.0. The van der Waals surface area contributed by atoms with Crippen LogP contribution in [-0.2, 0) is 9.59 Å². The van der Waals surface area contributed by atoms with Gasteiger partial charge in [0.05, 0.1) is 14.8 Å². The molecule has 4 rings (SSSR count). The molecule has 0 unspecified atom stereocenters. The van der Waals surface area contributed by atoms with Crippen molar-refractivity contribution in [2.24, 2.45) is 5.41 Å². The highest BCUT2D eigenvalue weighted by atomic mass is 32.1. The Kier molecular flexibility index (Phi) is 6.00. The first-order valence-electron chi connectivity index (χ1n) is 10.5. The lowest BCUT2D eigenvalue weighted by Gasteiger charge is -2.16. The van der Waals surface area contributed by atoms with Gasteiger partial charge in [-0.1, -0.05) is 30.8 Å². The lowest BCUT2D eigenvalue weighted by molar-refractivity contribution is -0.143. The van der Waals surface area contributed by atoms with E-state index in [1.165, 1.54) is 6.07 Å². The van der Waals surface area contributed by atoms with Gasteiger partial charge in [-0.2, -0.15) is 0 Å². The van der Waals surface area contributed by atoms with Crippen LogP contribution in [-0.4, -0.2) is 11.9 Å². The van der Waals surface area contributed by atoms with E-state index in [-0.39, 0.29) is 16.0 Å². The smallest absolute Gasteiger partial charge is 0.338 e. The molecule has 0 amide bonds. The largest absolute Gasteiger partial charge is 0.423 e. The van der Waals surface area contributed by atoms with E-state index in [9.17, 15) is 9.59 Å². The van der Waals surface area contributed by atoms with Crippen LogP contribution in [0.3, 0.4) is 0 Å². The summed E-state index contributed by atoms with van der Waals surface area (Å²) in [6, 6.07) is 12.8. The molecule has 4 nitrogen and oxygen atoms in total. The molecule has 0 radical (unpaired) electrons. The van der Waals surface area contributed by atoms with Gasteiger partial charge >= 0.3 is 11.9 Å². The first kappa shape index (κ1) is 23.6. The summed E-state index contributed by atoms with van der Waals surface area (Å²) in [6.07, 6.45) is 0. The number of halogens is 2. The molecule has 0 atom stereocenters. The molecule has 0 aliphatic heterocycles. The minimum absolute atomic E-state index is 0.181. The number of esters is 2. The zero-order valence-corrected chi connectivity index (χ0v) is 19.9. The van der Waals surface area contributed by atoms with Crippen molar-refractivity contribution in [2.75, 3.05) is 0 Å². The maximum Gasteiger partial charge on any atom is 0.338 e. The zero-order chi connectivity index (χ0) is 24.8. The van der Waals surface area contributed by atoms with Crippen LogP contribution in [0.25, 0.3) is 31.3 Å². The molecular formula is C27H22F2O4S. The van der Waals surface area contributed by atoms with Crippen LogP contribution < -0.4 is 9.47 Å². The van der Waals surface area contributed by atoms with E-state index < -0.39 is 29.0 Å². The number of ether oxygens (including phenoxy) is 2. The normalized spacial score (nSPS) is 11.6. The van der Waals surface area contributed by atoms with Gasteiger partial charge in [-0.25, -0.2) is 13.6 Å². The van der Waals surface area contributed by atoms with Crippen LogP contribution in [0.2, 0.25) is 0 Å². The Morgan fingerprint density at radius 3 is 2.03 bits per heavy atom. The summed E-state index contributed by atoms with van der Waals surface area (Å²) in [5, 5.41) is 1.11. The first-order chi connectivity index (χ1) is 16.0. The van der Waals surface area contributed by atoms with E-state index in [2.05, 4.69) is 6.58 Å². The molecule has 4 aromatic rings. The van der Waals surface area contributed by atoms with Crippen molar-refractivity contribution >= 4 is 43.4 Å². The molecule has 3 aromatic carbocycles. The average Bonchev–Trinajstić information content (AvgIpc) is 3.16. The first-order valence-corrected chi connectivity index (χ1v) is 11.3. The second-order valence-electron chi connectivity index (χ2n) is 8.99. The van der Waals surface area contributed by atoms with Gasteiger partial charge in [-0.3, -0.25) is 4.79 Å². The molecule has 0 saturated carbocycles. The number of carbonyl (C=O) groups excluding carboxylic acids is 2. The lowest BCUT2D eigenvalue weighted by Crippen LogP contribution is -2.25. The summed E-state index contributed by atoms with van der Waals surface area (Å²) in [6.45, 7) is 10.1. The molecule has 34 heavy (non-hydrogen) atoms. The van der Waals surface area contributed by atoms with Gasteiger partial charge in [0.1, 0.15) is 11.6 Å². The van der Waals surface area contributed by atoms with Crippen LogP contribution in [0.4, 0.5) is 8.78 Å². The van der Waals surface area contributed by atoms with E-state index in [1.54, 1.807) is 70.2 Å². The van der Waals surface area contributed by atoms with Crippen LogP contribution >= 0.6 is 11.3 Å². The van der Waals surface area contributed by atoms with Gasteiger partial charge in [-0.05, 0) is 57.5 Å². The summed E-state index contributed by atoms with van der Waals surface area (Å²) in [5.74, 6) is -2.14. The highest BCUT2D eigenvalue weighted by molar-refractivity contribution is 7.26. The van der Waals surface area contributed by atoms with Crippen molar-refractivity contribution in [2.45, 2.75) is 27.7 Å². The third kappa shape index (κ3) is 4.31. The van der Waals surface area contributed by atoms with E-state index >= 15 is 8.78 Å². The fourth-order valence-corrected chi connectivity index (χ4v) is 4.44. The molecule has 0 aliphatic rings. The third-order valence-corrected chi connectivity index (χ3v) is 6.40. The Labute approximate surface area is 199 Å². The summed E-state index contributed by atoms with van der Waals surface area (Å²) in [4.78, 5) is 23.9. The van der Waals surface area contributed by atoms with Crippen molar-refractivity contribution in [3.05, 3.63) is 72.3 Å². The molecule has 0 N–H and O–H groups in total. The topological polar surface area (TPSA) is 52.6 Å². The maximum absolute atomic E-state index is 15.5. The Hall–Kier alpha value is -3.58. The molecular weight excluding hydrogens is 458 g/mol. The van der Waals surface area contributed by atoms with Crippen LogP contribution in [0.15, 0.2) is 60.7 Å². The monoisotopic (exact) mass is 480 g/mol. The molecule has 0 saturated heterocycles. The molecule has 1 heterocycles. The minimum atomic E-state index is -0.791. The van der Waals surface area contributed by atoms with Gasteiger partial charge in [0.25, 0.3) is 0 Å². The fraction of sp³-hybridized carbons (Fsp3) is 0.185. The Bertz CT molecular complexity index is 1460. The third-order valence-electron chi connectivity index (χ3n) is 5.19. The van der Waals surface area contributed by atoms with E-state index in [0.717, 1.165) is 11.3 Å². The van der Waals surface area contributed by atoms with E-state index in [1.807, 2.05) is 0 Å². The maximum atomic E-state index is 15.5. The second kappa shape index (κ2) is 8.65. The van der Waals surface area contributed by atoms with Crippen molar-refractivity contribution < 1.29 is 27.8 Å². The average molecular weight is 481 g/mol. The summed E-state index contributed by atoms with van der Waals surface area (Å²) < 4.78 is 41.6. The molecule has 0 aliphatic carbocycles. The molecule has 0 bridgehead atoms. The Balaban J connectivity index is 1.73. The number of thiophene rings is 1. The quantitative estimate of drug-likeness (QED) is 0.173. The van der Waals surface area contributed by atoms with Crippen molar-refractivity contribution in [3.8, 4) is 22.6 Å². The Morgan fingerprint density at radius 2 is 1.44 bits per heavy atom. The van der Waals surface area contributed by atoms with Crippen LogP contribution in [0.1, 0.15) is 27.7 Å². The SMILES string of the molecule is C=C(C)C(=O)Oc1ccc(-c2ccc3c(sc4c(F)c(OC(=O)C(C)(C)C)ccc43)c2F)cc1. The lowest BCUT2D eigenvalue weighted by atomic mass is 9.97. The van der Waals surface area contributed by atoms with Crippen LogP contribution in [0, 0.1) is 17.0 Å². The van der Waals surface area contributed by atoms with Crippen molar-refractivity contribution in [1.29, 1.82) is 0 Å². The number of carbonyl (C=O) groups is 2. The fourth-order valence-electron chi connectivity index (χ4n) is 3.27. The number of benzene rings is 3. The number of rotatable bonds is 4. The predicted molar refractivity (Wildman–Crippen MR) is 130 cm³/mol. The van der Waals surface area contributed by atoms with E-state index in [4.69, 9.17) is 9.47 Å². The number of hydrogen-bond acceptors (Lipinski definition) is 5. The zero-order valence-electron chi connectivity index (χ0n) is 19.1. The van der Waals surface area contributed by atoms with Gasteiger partial charge in [0.2, 0.25) is 0 Å². The van der Waals surface area contributed by atoms with Gasteiger partial charge in [0.15, 0.2) is 11.6 Å². The minimum Gasteiger partial charge on any atom is -0.423 e. The van der Waals surface area contributed by atoms with Gasteiger partial charge < -0.3 is 9.47 Å². The summed E-state index contributed by atoms with van der Waals surface area (Å²) >= 11 is 0.967. The summed E-state index contributed by atoms with van der Waals surface area (Å²) in [5.41, 5.74) is 0.388. The van der Waals surface area contributed by atoms with Crippen molar-refractivity contribution in [1.82, 2.24) is 0 Å². The molecule has 174 valence electrons. The molecule has 0 spiro atoms. The highest BCUT2D eigenvalue weighted by Crippen LogP contribution is 2.42. The molecule has 0 fully saturated rings. The molecule has 7 heteroatoms. The standard InChI is InChI=1S/C27H22F2O4S/c1-14(2)25(30)32-16-8-6-15(7-9-16)17-10-11-18-19-12-13-20(33-26(31)27(3,4)5)22(29)24(19)34-23(18)21(17)28/h6-13H,1H2,2-5H3. The van der Waals surface area contributed by atoms with Crippen molar-refractivity contribution in [3.63, 3.8) is 0 Å². The van der Waals surface area contributed by atoms with Gasteiger partial charge in [-0.15, -0.1) is 11.3 Å². The van der Waals surface area contributed by atoms with Crippen LogP contribution in [0.5, 0.6) is 11.5 Å². The molecule has 1 aromatic heterocycles. The summed E-state index contributed by atoms with van der Waals surface area (Å²) in [7, 11) is 0. The highest BCUT2D eigenvalue weighted by Gasteiger charge is 2.26.